The summed E-state index contributed by atoms with van der Waals surface area (Å²) >= 11 is 0. The lowest BCUT2D eigenvalue weighted by atomic mass is 9.85. The normalized spacial score (nSPS) is 27.2. The number of hydrogen-bond donors (Lipinski definition) is 1. The molecule has 1 N–H and O–H groups in total. The Labute approximate surface area is 243 Å². The molecule has 2 atom stereocenters. The van der Waals surface area contributed by atoms with Crippen LogP contribution in [0, 0.1) is 23.1 Å². The van der Waals surface area contributed by atoms with Gasteiger partial charge in [0.1, 0.15) is 23.6 Å². The molecule has 8 bridgehead atoms. The van der Waals surface area contributed by atoms with Crippen molar-refractivity contribution in [2.75, 3.05) is 25.0 Å². The van der Waals surface area contributed by atoms with E-state index in [2.05, 4.69) is 26.3 Å². The van der Waals surface area contributed by atoms with Gasteiger partial charge >= 0.3 is 0 Å². The molecular formula is C32H37F3N6O. The fourth-order valence-corrected chi connectivity index (χ4v) is 6.82. The van der Waals surface area contributed by atoms with Gasteiger partial charge in [0.05, 0.1) is 28.5 Å². The first-order valence-electron chi connectivity index (χ1n) is 15.1. The van der Waals surface area contributed by atoms with E-state index in [9.17, 15) is 10.1 Å². The van der Waals surface area contributed by atoms with E-state index in [0.29, 0.717) is 61.2 Å². The minimum absolute atomic E-state index is 0.114. The maximum atomic E-state index is 15.9. The quantitative estimate of drug-likeness (QED) is 0.350. The third-order valence-electron chi connectivity index (χ3n) is 9.65. The van der Waals surface area contributed by atoms with Crippen molar-refractivity contribution in [2.24, 2.45) is 5.92 Å². The summed E-state index contributed by atoms with van der Waals surface area (Å²) in [4.78, 5) is 25.0. The highest BCUT2D eigenvalue weighted by Crippen LogP contribution is 2.47. The van der Waals surface area contributed by atoms with Gasteiger partial charge in [0.2, 0.25) is 0 Å². The average Bonchev–Trinajstić information content (AvgIpc) is 3.77. The first kappa shape index (κ1) is 28.7. The van der Waals surface area contributed by atoms with E-state index in [0.717, 1.165) is 32.2 Å². The van der Waals surface area contributed by atoms with E-state index in [1.54, 1.807) is 17.6 Å². The van der Waals surface area contributed by atoms with Crippen LogP contribution in [0.4, 0.5) is 19.0 Å². The Morgan fingerprint density at radius 2 is 1.79 bits per heavy atom. The molecule has 222 valence electrons. The standard InChI is InChI=1S/C32H37F3N6O/c1-20-7-4-3-5-14-40-15-10-22(11-16-40)32(34,35)25-9-6-8-23(27(25)33)21(2)39-28-24-17-26(31(18-36)12-13-31)30(42)41(20)29(24)38-19-37-28/h6,8-9,17,19-22H,3-5,7,10-16H2,1-2H3,(H,37,38,39)/t20?,21-/m1/s1. The van der Waals surface area contributed by atoms with Crippen LogP contribution in [0.25, 0.3) is 11.0 Å². The number of pyridine rings is 1. The van der Waals surface area contributed by atoms with Crippen LogP contribution in [-0.4, -0.2) is 39.1 Å². The van der Waals surface area contributed by atoms with Crippen molar-refractivity contribution < 1.29 is 13.2 Å². The molecular weight excluding hydrogens is 541 g/mol. The van der Waals surface area contributed by atoms with Crippen LogP contribution in [0.3, 0.4) is 0 Å². The summed E-state index contributed by atoms with van der Waals surface area (Å²) in [5, 5.41) is 13.7. The van der Waals surface area contributed by atoms with Crippen LogP contribution in [0.15, 0.2) is 35.4 Å². The molecule has 1 aliphatic carbocycles. The summed E-state index contributed by atoms with van der Waals surface area (Å²) in [6, 6.07) is 7.38. The van der Waals surface area contributed by atoms with Crippen LogP contribution >= 0.6 is 0 Å². The molecule has 7 rings (SSSR count). The number of alkyl halides is 2. The maximum absolute atomic E-state index is 15.9. The van der Waals surface area contributed by atoms with Gasteiger partial charge in [0, 0.05) is 23.1 Å². The predicted molar refractivity (Wildman–Crippen MR) is 155 cm³/mol. The number of halogens is 3. The zero-order valence-electron chi connectivity index (χ0n) is 24.2. The van der Waals surface area contributed by atoms with Crippen LogP contribution < -0.4 is 10.9 Å². The highest BCUT2D eigenvalue weighted by Gasteiger charge is 2.48. The summed E-state index contributed by atoms with van der Waals surface area (Å²) in [6.07, 6.45) is 6.76. The molecule has 2 aromatic heterocycles. The van der Waals surface area contributed by atoms with E-state index in [1.165, 1.54) is 24.5 Å². The molecule has 7 nitrogen and oxygen atoms in total. The number of rotatable bonds is 1. The van der Waals surface area contributed by atoms with E-state index in [-0.39, 0.29) is 17.2 Å². The number of fused-ring (bicyclic) bond motifs is 8. The van der Waals surface area contributed by atoms with Gasteiger partial charge in [-0.1, -0.05) is 31.0 Å². The minimum atomic E-state index is -3.29. The molecule has 0 radical (unpaired) electrons. The van der Waals surface area contributed by atoms with E-state index in [4.69, 9.17) is 0 Å². The summed E-state index contributed by atoms with van der Waals surface area (Å²) in [5.41, 5.74) is -0.634. The molecule has 3 aliphatic heterocycles. The van der Waals surface area contributed by atoms with Gasteiger partial charge in [-0.15, -0.1) is 0 Å². The van der Waals surface area contributed by atoms with Crippen molar-refractivity contribution in [3.8, 4) is 6.07 Å². The van der Waals surface area contributed by atoms with Gasteiger partial charge in [-0.2, -0.15) is 5.26 Å². The molecule has 1 saturated heterocycles. The molecule has 3 aromatic rings. The van der Waals surface area contributed by atoms with Gasteiger partial charge in [-0.25, -0.2) is 23.1 Å². The number of nitrogens with zero attached hydrogens (tertiary/aromatic N) is 5. The lowest BCUT2D eigenvalue weighted by Gasteiger charge is -2.36. The molecule has 1 aromatic carbocycles. The van der Waals surface area contributed by atoms with E-state index in [1.807, 2.05) is 6.92 Å². The largest absolute Gasteiger partial charge is 0.363 e. The van der Waals surface area contributed by atoms with Gasteiger partial charge in [0.15, 0.2) is 0 Å². The number of aromatic nitrogens is 3. The molecule has 1 unspecified atom stereocenters. The molecule has 1 saturated carbocycles. The second-order valence-electron chi connectivity index (χ2n) is 12.4. The van der Waals surface area contributed by atoms with Crippen LogP contribution in [-0.2, 0) is 11.3 Å². The van der Waals surface area contributed by atoms with Crippen molar-refractivity contribution >= 4 is 16.9 Å². The monoisotopic (exact) mass is 578 g/mol. The summed E-state index contributed by atoms with van der Waals surface area (Å²) < 4.78 is 49.1. The second-order valence-corrected chi connectivity index (χ2v) is 12.4. The maximum Gasteiger partial charge on any atom is 0.278 e. The minimum Gasteiger partial charge on any atom is -0.363 e. The molecule has 0 spiro atoms. The van der Waals surface area contributed by atoms with Crippen LogP contribution in [0.1, 0.15) is 94.0 Å². The second kappa shape index (κ2) is 11.0. The number of hydrogen-bond acceptors (Lipinski definition) is 6. The van der Waals surface area contributed by atoms with Crippen molar-refractivity contribution in [2.45, 2.75) is 88.6 Å². The third kappa shape index (κ3) is 4.96. The van der Waals surface area contributed by atoms with E-state index >= 15 is 13.2 Å². The number of nitrogens with one attached hydrogen (secondary N) is 1. The SMILES string of the molecule is CC1CCCCCN2CCC(CC2)C(F)(F)c2cccc(c2F)[C@@H](C)Nc2ncnc3c2cc(C2(C#N)CC2)c(=O)n31. The molecule has 5 heterocycles. The number of piperidine rings is 1. The molecule has 0 amide bonds. The van der Waals surface area contributed by atoms with Gasteiger partial charge in [-0.05, 0) is 78.1 Å². The Balaban J connectivity index is 1.47. The number of nitriles is 1. The van der Waals surface area contributed by atoms with Gasteiger partial charge in [0.25, 0.3) is 11.5 Å². The lowest BCUT2D eigenvalue weighted by molar-refractivity contribution is -0.0880. The Bertz CT molecular complexity index is 1590. The first-order valence-corrected chi connectivity index (χ1v) is 15.1. The summed E-state index contributed by atoms with van der Waals surface area (Å²) in [6.45, 7) is 5.69. The summed E-state index contributed by atoms with van der Waals surface area (Å²) in [5.74, 6) is -4.75. The summed E-state index contributed by atoms with van der Waals surface area (Å²) in [7, 11) is 0. The average molecular weight is 579 g/mol. The molecule has 2 fully saturated rings. The highest BCUT2D eigenvalue weighted by molar-refractivity contribution is 5.87. The fraction of sp³-hybridized carbons (Fsp3) is 0.562. The molecule has 10 heteroatoms. The predicted octanol–water partition coefficient (Wildman–Crippen LogP) is 6.60. The van der Waals surface area contributed by atoms with Crippen LogP contribution in [0.5, 0.6) is 0 Å². The number of anilines is 1. The Morgan fingerprint density at radius 1 is 1.02 bits per heavy atom. The number of benzene rings is 1. The van der Waals surface area contributed by atoms with Gasteiger partial charge < -0.3 is 10.2 Å². The van der Waals surface area contributed by atoms with Crippen molar-refractivity contribution in [3.05, 3.63) is 63.5 Å². The van der Waals surface area contributed by atoms with Crippen LogP contribution in [0.2, 0.25) is 0 Å². The first-order chi connectivity index (χ1) is 20.2. The third-order valence-corrected chi connectivity index (χ3v) is 9.65. The van der Waals surface area contributed by atoms with Crippen molar-refractivity contribution in [1.29, 1.82) is 5.26 Å². The molecule has 42 heavy (non-hydrogen) atoms. The Hall–Kier alpha value is -3.45. The Morgan fingerprint density at radius 3 is 2.50 bits per heavy atom. The van der Waals surface area contributed by atoms with E-state index < -0.39 is 34.7 Å². The molecule has 4 aliphatic rings. The Kier molecular flexibility index (Phi) is 7.50. The van der Waals surface area contributed by atoms with Crippen molar-refractivity contribution in [3.63, 3.8) is 0 Å². The topological polar surface area (TPSA) is 86.8 Å². The zero-order valence-corrected chi connectivity index (χ0v) is 24.2. The van der Waals surface area contributed by atoms with Gasteiger partial charge in [-0.3, -0.25) is 9.36 Å². The zero-order chi connectivity index (χ0) is 29.6. The highest BCUT2D eigenvalue weighted by atomic mass is 19.3. The lowest BCUT2D eigenvalue weighted by Crippen LogP contribution is -2.40. The van der Waals surface area contributed by atoms with Crippen molar-refractivity contribution in [1.82, 2.24) is 19.4 Å². The smallest absolute Gasteiger partial charge is 0.278 e. The fourth-order valence-electron chi connectivity index (χ4n) is 6.82.